The standard InChI is InChI=1S/C15H27N3O3/c1-17-10-7-12(8-11-17)16-15(21)18-9-3-2-4-13(18)5-6-14(19)20/h12-13H,2-11H2,1H3,(H,16,21)(H,19,20). The first-order valence-electron chi connectivity index (χ1n) is 8.03. The molecule has 0 saturated carbocycles. The van der Waals surface area contributed by atoms with E-state index in [2.05, 4.69) is 17.3 Å². The normalized spacial score (nSPS) is 24.8. The summed E-state index contributed by atoms with van der Waals surface area (Å²) in [6.07, 6.45) is 5.73. The molecular weight excluding hydrogens is 270 g/mol. The Hall–Kier alpha value is -1.30. The molecule has 0 aromatic heterocycles. The molecule has 0 spiro atoms. The Morgan fingerprint density at radius 3 is 2.52 bits per heavy atom. The zero-order valence-electron chi connectivity index (χ0n) is 12.9. The van der Waals surface area contributed by atoms with E-state index in [9.17, 15) is 9.59 Å². The lowest BCUT2D eigenvalue weighted by Gasteiger charge is -2.38. The molecule has 0 bridgehead atoms. The number of amides is 2. The van der Waals surface area contributed by atoms with Gasteiger partial charge in [-0.15, -0.1) is 0 Å². The van der Waals surface area contributed by atoms with Crippen LogP contribution in [0.4, 0.5) is 4.79 Å². The predicted octanol–water partition coefficient (Wildman–Crippen LogP) is 1.51. The Labute approximate surface area is 126 Å². The lowest BCUT2D eigenvalue weighted by Crippen LogP contribution is -2.53. The first kappa shape index (κ1) is 16.1. The fourth-order valence-corrected chi connectivity index (χ4v) is 3.27. The number of carboxylic acid groups (broad SMARTS) is 1. The minimum absolute atomic E-state index is 0.000332. The Balaban J connectivity index is 1.84. The number of nitrogens with one attached hydrogen (secondary N) is 1. The topological polar surface area (TPSA) is 72.9 Å². The first-order chi connectivity index (χ1) is 10.1. The van der Waals surface area contributed by atoms with Crippen LogP contribution >= 0.6 is 0 Å². The van der Waals surface area contributed by atoms with Crippen LogP contribution in [-0.2, 0) is 4.79 Å². The van der Waals surface area contributed by atoms with Crippen LogP contribution in [0.5, 0.6) is 0 Å². The highest BCUT2D eigenvalue weighted by Gasteiger charge is 2.28. The summed E-state index contributed by atoms with van der Waals surface area (Å²) in [6.45, 7) is 2.80. The zero-order valence-corrected chi connectivity index (χ0v) is 12.9. The average Bonchev–Trinajstić information content (AvgIpc) is 2.47. The van der Waals surface area contributed by atoms with Gasteiger partial charge in [0.25, 0.3) is 0 Å². The summed E-state index contributed by atoms with van der Waals surface area (Å²) < 4.78 is 0. The van der Waals surface area contributed by atoms with Crippen molar-refractivity contribution in [2.75, 3.05) is 26.7 Å². The average molecular weight is 297 g/mol. The molecule has 6 heteroatoms. The third kappa shape index (κ3) is 4.88. The number of carbonyl (C=O) groups is 2. The summed E-state index contributed by atoms with van der Waals surface area (Å²) in [7, 11) is 2.10. The fraction of sp³-hybridized carbons (Fsp3) is 0.867. The Bertz CT molecular complexity index is 367. The molecule has 2 fully saturated rings. The van der Waals surface area contributed by atoms with Crippen LogP contribution in [0.15, 0.2) is 0 Å². The predicted molar refractivity (Wildman–Crippen MR) is 80.3 cm³/mol. The number of hydrogen-bond acceptors (Lipinski definition) is 3. The molecule has 21 heavy (non-hydrogen) atoms. The van der Waals surface area contributed by atoms with Crippen LogP contribution in [0.3, 0.4) is 0 Å². The van der Waals surface area contributed by atoms with E-state index in [0.29, 0.717) is 6.42 Å². The van der Waals surface area contributed by atoms with Crippen LogP contribution in [-0.4, -0.2) is 65.7 Å². The molecule has 2 heterocycles. The van der Waals surface area contributed by atoms with Crippen molar-refractivity contribution < 1.29 is 14.7 Å². The number of hydrogen-bond donors (Lipinski definition) is 2. The van der Waals surface area contributed by atoms with Gasteiger partial charge in [0.2, 0.25) is 0 Å². The maximum atomic E-state index is 12.5. The number of aliphatic carboxylic acids is 1. The summed E-state index contributed by atoms with van der Waals surface area (Å²) in [5.41, 5.74) is 0. The molecule has 120 valence electrons. The number of nitrogens with zero attached hydrogens (tertiary/aromatic N) is 2. The molecular formula is C15H27N3O3. The number of likely N-dealkylation sites (tertiary alicyclic amines) is 2. The molecule has 0 aromatic rings. The summed E-state index contributed by atoms with van der Waals surface area (Å²) in [4.78, 5) is 27.3. The molecule has 2 aliphatic heterocycles. The summed E-state index contributed by atoms with van der Waals surface area (Å²) in [5, 5.41) is 12.0. The number of rotatable bonds is 4. The summed E-state index contributed by atoms with van der Waals surface area (Å²) >= 11 is 0. The maximum absolute atomic E-state index is 12.5. The molecule has 2 aliphatic rings. The smallest absolute Gasteiger partial charge is 0.317 e. The van der Waals surface area contributed by atoms with E-state index in [0.717, 1.165) is 51.7 Å². The van der Waals surface area contributed by atoms with E-state index in [1.165, 1.54) is 0 Å². The molecule has 0 radical (unpaired) electrons. The SMILES string of the molecule is CN1CCC(NC(=O)N2CCCCC2CCC(=O)O)CC1. The van der Waals surface area contributed by atoms with Crippen LogP contribution in [0.1, 0.15) is 44.9 Å². The van der Waals surface area contributed by atoms with Crippen LogP contribution in [0.2, 0.25) is 0 Å². The zero-order chi connectivity index (χ0) is 15.2. The van der Waals surface area contributed by atoms with Crippen molar-refractivity contribution in [1.29, 1.82) is 0 Å². The van der Waals surface area contributed by atoms with Gasteiger partial charge in [0, 0.05) is 25.0 Å². The second-order valence-corrected chi connectivity index (χ2v) is 6.30. The number of urea groups is 1. The van der Waals surface area contributed by atoms with E-state index < -0.39 is 5.97 Å². The van der Waals surface area contributed by atoms with Crippen molar-refractivity contribution >= 4 is 12.0 Å². The minimum Gasteiger partial charge on any atom is -0.481 e. The number of carboxylic acids is 1. The number of carbonyl (C=O) groups excluding carboxylic acids is 1. The van der Waals surface area contributed by atoms with Crippen molar-refractivity contribution in [3.63, 3.8) is 0 Å². The summed E-state index contributed by atoms with van der Waals surface area (Å²) in [6, 6.07) is 0.344. The highest BCUT2D eigenvalue weighted by molar-refractivity contribution is 5.75. The van der Waals surface area contributed by atoms with E-state index in [1.807, 2.05) is 4.90 Å². The molecule has 1 unspecified atom stereocenters. The van der Waals surface area contributed by atoms with Crippen molar-refractivity contribution in [3.8, 4) is 0 Å². The van der Waals surface area contributed by atoms with E-state index in [1.54, 1.807) is 0 Å². The molecule has 0 aromatic carbocycles. The Morgan fingerprint density at radius 2 is 1.86 bits per heavy atom. The second-order valence-electron chi connectivity index (χ2n) is 6.30. The van der Waals surface area contributed by atoms with Gasteiger partial charge in [-0.25, -0.2) is 4.79 Å². The number of piperidine rings is 2. The molecule has 6 nitrogen and oxygen atoms in total. The van der Waals surface area contributed by atoms with Crippen molar-refractivity contribution in [2.24, 2.45) is 0 Å². The minimum atomic E-state index is -0.781. The lowest BCUT2D eigenvalue weighted by atomic mass is 9.98. The Morgan fingerprint density at radius 1 is 1.14 bits per heavy atom. The molecule has 2 amide bonds. The molecule has 2 N–H and O–H groups in total. The van der Waals surface area contributed by atoms with Crippen molar-refractivity contribution in [2.45, 2.75) is 57.0 Å². The van der Waals surface area contributed by atoms with Crippen molar-refractivity contribution in [1.82, 2.24) is 15.1 Å². The van der Waals surface area contributed by atoms with Crippen molar-refractivity contribution in [3.05, 3.63) is 0 Å². The Kier molecular flexibility index (Phi) is 5.85. The second kappa shape index (κ2) is 7.64. The maximum Gasteiger partial charge on any atom is 0.317 e. The highest BCUT2D eigenvalue weighted by Crippen LogP contribution is 2.21. The lowest BCUT2D eigenvalue weighted by molar-refractivity contribution is -0.137. The van der Waals surface area contributed by atoms with Gasteiger partial charge in [-0.3, -0.25) is 4.79 Å². The van der Waals surface area contributed by atoms with Gasteiger partial charge >= 0.3 is 12.0 Å². The molecule has 0 aliphatic carbocycles. The van der Waals surface area contributed by atoms with Gasteiger partial charge in [-0.2, -0.15) is 0 Å². The molecule has 2 saturated heterocycles. The van der Waals surface area contributed by atoms with Crippen LogP contribution < -0.4 is 5.32 Å². The van der Waals surface area contributed by atoms with E-state index in [4.69, 9.17) is 5.11 Å². The first-order valence-corrected chi connectivity index (χ1v) is 8.03. The quantitative estimate of drug-likeness (QED) is 0.825. The van der Waals surface area contributed by atoms with E-state index >= 15 is 0 Å². The van der Waals surface area contributed by atoms with Gasteiger partial charge < -0.3 is 20.2 Å². The third-order valence-electron chi connectivity index (χ3n) is 4.63. The third-order valence-corrected chi connectivity index (χ3v) is 4.63. The largest absolute Gasteiger partial charge is 0.481 e. The van der Waals surface area contributed by atoms with Gasteiger partial charge in [-0.05, 0) is 58.7 Å². The highest BCUT2D eigenvalue weighted by atomic mass is 16.4. The monoisotopic (exact) mass is 297 g/mol. The van der Waals surface area contributed by atoms with E-state index in [-0.39, 0.29) is 24.5 Å². The molecule has 2 rings (SSSR count). The summed E-state index contributed by atoms with van der Waals surface area (Å²) in [5.74, 6) is -0.781. The van der Waals surface area contributed by atoms with Gasteiger partial charge in [-0.1, -0.05) is 0 Å². The fourth-order valence-electron chi connectivity index (χ4n) is 3.27. The van der Waals surface area contributed by atoms with Crippen LogP contribution in [0.25, 0.3) is 0 Å². The van der Waals surface area contributed by atoms with Gasteiger partial charge in [0.15, 0.2) is 0 Å². The van der Waals surface area contributed by atoms with Crippen LogP contribution in [0, 0.1) is 0 Å². The molecule has 1 atom stereocenters. The van der Waals surface area contributed by atoms with Gasteiger partial charge in [0.05, 0.1) is 0 Å². The van der Waals surface area contributed by atoms with Gasteiger partial charge in [0.1, 0.15) is 0 Å².